The van der Waals surface area contributed by atoms with Gasteiger partial charge >= 0.3 is 0 Å². The minimum atomic E-state index is -1.21. The van der Waals surface area contributed by atoms with Gasteiger partial charge in [-0.1, -0.05) is 18.2 Å². The number of ether oxygens (including phenoxy) is 1. The minimum absolute atomic E-state index is 0.533. The number of hydrogen-bond acceptors (Lipinski definition) is 5. The van der Waals surface area contributed by atoms with Crippen molar-refractivity contribution in [1.82, 2.24) is 0 Å². The molecule has 5 nitrogen and oxygen atoms in total. The Bertz CT molecular complexity index is 359. The Balaban J connectivity index is 2.06. The van der Waals surface area contributed by atoms with Gasteiger partial charge in [-0.2, -0.15) is 0 Å². The van der Waals surface area contributed by atoms with E-state index in [1.54, 1.807) is 6.92 Å². The molecule has 17 heavy (non-hydrogen) atoms. The summed E-state index contributed by atoms with van der Waals surface area (Å²) < 4.78 is 5.41. The SMILES string of the molecule is C[C@@H]1O[C@@H](Nc2ccccc2)[C@H](O)[C@H](O)[C@H]1O. The van der Waals surface area contributed by atoms with Gasteiger partial charge in [0.25, 0.3) is 0 Å². The van der Waals surface area contributed by atoms with Crippen LogP contribution in [-0.4, -0.2) is 46.0 Å². The predicted molar refractivity (Wildman–Crippen MR) is 62.4 cm³/mol. The number of benzene rings is 1. The molecule has 4 N–H and O–H groups in total. The van der Waals surface area contributed by atoms with Gasteiger partial charge in [-0.15, -0.1) is 0 Å². The van der Waals surface area contributed by atoms with Crippen molar-refractivity contribution in [2.45, 2.75) is 37.6 Å². The zero-order valence-corrected chi connectivity index (χ0v) is 9.52. The van der Waals surface area contributed by atoms with Crippen LogP contribution < -0.4 is 5.32 Å². The molecule has 0 saturated carbocycles. The Morgan fingerprint density at radius 3 is 2.29 bits per heavy atom. The molecule has 1 heterocycles. The zero-order valence-electron chi connectivity index (χ0n) is 9.52. The molecule has 1 aliphatic heterocycles. The van der Waals surface area contributed by atoms with Crippen LogP contribution in [0.15, 0.2) is 30.3 Å². The van der Waals surface area contributed by atoms with Gasteiger partial charge in [-0.3, -0.25) is 0 Å². The van der Waals surface area contributed by atoms with Gasteiger partial charge in [0, 0.05) is 5.69 Å². The first-order valence-corrected chi connectivity index (χ1v) is 5.61. The zero-order chi connectivity index (χ0) is 12.4. The predicted octanol–water partition coefficient (Wildman–Crippen LogP) is -0.0740. The Labute approximate surface area is 99.7 Å². The van der Waals surface area contributed by atoms with Crippen LogP contribution in [0.4, 0.5) is 5.69 Å². The van der Waals surface area contributed by atoms with E-state index < -0.39 is 30.6 Å². The fraction of sp³-hybridized carbons (Fsp3) is 0.500. The Morgan fingerprint density at radius 1 is 1.00 bits per heavy atom. The molecule has 1 fully saturated rings. The quantitative estimate of drug-likeness (QED) is 0.580. The van der Waals surface area contributed by atoms with Crippen LogP contribution in [0, 0.1) is 0 Å². The van der Waals surface area contributed by atoms with Gasteiger partial charge in [-0.25, -0.2) is 0 Å². The van der Waals surface area contributed by atoms with Gasteiger partial charge < -0.3 is 25.4 Å². The van der Waals surface area contributed by atoms with Crippen molar-refractivity contribution in [3.63, 3.8) is 0 Å². The summed E-state index contributed by atoms with van der Waals surface area (Å²) in [6.45, 7) is 1.65. The summed E-state index contributed by atoms with van der Waals surface area (Å²) >= 11 is 0. The van der Waals surface area contributed by atoms with E-state index >= 15 is 0 Å². The molecule has 5 atom stereocenters. The third-order valence-electron chi connectivity index (χ3n) is 2.93. The third-order valence-corrected chi connectivity index (χ3v) is 2.93. The molecular weight excluding hydrogens is 222 g/mol. The Kier molecular flexibility index (Phi) is 3.63. The number of aliphatic hydroxyl groups is 3. The highest BCUT2D eigenvalue weighted by Crippen LogP contribution is 2.22. The summed E-state index contributed by atoms with van der Waals surface area (Å²) in [7, 11) is 0. The average molecular weight is 239 g/mol. The lowest BCUT2D eigenvalue weighted by Gasteiger charge is -2.39. The molecule has 0 aliphatic carbocycles. The summed E-state index contributed by atoms with van der Waals surface area (Å²) in [6.07, 6.45) is -4.71. The van der Waals surface area contributed by atoms with Crippen LogP contribution in [0.3, 0.4) is 0 Å². The van der Waals surface area contributed by atoms with Crippen molar-refractivity contribution in [1.29, 1.82) is 0 Å². The molecule has 5 heteroatoms. The molecule has 0 spiro atoms. The van der Waals surface area contributed by atoms with Crippen LogP contribution in [0.1, 0.15) is 6.92 Å². The van der Waals surface area contributed by atoms with E-state index in [4.69, 9.17) is 4.74 Å². The monoisotopic (exact) mass is 239 g/mol. The molecular formula is C12H17NO4. The van der Waals surface area contributed by atoms with Crippen molar-refractivity contribution in [2.24, 2.45) is 0 Å². The molecule has 0 amide bonds. The lowest BCUT2D eigenvalue weighted by molar-refractivity contribution is -0.209. The Hall–Kier alpha value is -1.14. The maximum Gasteiger partial charge on any atom is 0.157 e. The van der Waals surface area contributed by atoms with E-state index in [2.05, 4.69) is 5.32 Å². The second-order valence-corrected chi connectivity index (χ2v) is 4.24. The molecule has 1 aliphatic rings. The Morgan fingerprint density at radius 2 is 1.65 bits per heavy atom. The van der Waals surface area contributed by atoms with E-state index in [1.807, 2.05) is 30.3 Å². The molecule has 1 saturated heterocycles. The smallest absolute Gasteiger partial charge is 0.157 e. The van der Waals surface area contributed by atoms with Gasteiger partial charge in [0.1, 0.15) is 18.3 Å². The standard InChI is InChI=1S/C12H17NO4/c1-7-9(14)10(15)11(16)12(17-7)13-8-5-3-2-4-6-8/h2-7,9-16H,1H3/t7-,9-,10+,11+,12+/m0/s1. The van der Waals surface area contributed by atoms with Crippen molar-refractivity contribution in [3.05, 3.63) is 30.3 Å². The number of rotatable bonds is 2. The normalized spacial score (nSPS) is 37.8. The van der Waals surface area contributed by atoms with Crippen LogP contribution in [0.2, 0.25) is 0 Å². The molecule has 0 bridgehead atoms. The highest BCUT2D eigenvalue weighted by molar-refractivity contribution is 5.43. The van der Waals surface area contributed by atoms with Crippen LogP contribution in [-0.2, 0) is 4.74 Å². The van der Waals surface area contributed by atoms with E-state index in [0.29, 0.717) is 0 Å². The van der Waals surface area contributed by atoms with E-state index in [0.717, 1.165) is 5.69 Å². The molecule has 0 radical (unpaired) electrons. The fourth-order valence-electron chi connectivity index (χ4n) is 1.87. The van der Waals surface area contributed by atoms with Gasteiger partial charge in [0.05, 0.1) is 6.10 Å². The molecule has 0 aromatic heterocycles. The van der Waals surface area contributed by atoms with E-state index in [9.17, 15) is 15.3 Å². The lowest BCUT2D eigenvalue weighted by Crippen LogP contribution is -2.58. The molecule has 1 aromatic carbocycles. The summed E-state index contributed by atoms with van der Waals surface area (Å²) in [6, 6.07) is 9.25. The highest BCUT2D eigenvalue weighted by atomic mass is 16.5. The molecule has 2 rings (SSSR count). The maximum absolute atomic E-state index is 9.79. The van der Waals surface area contributed by atoms with Crippen molar-refractivity contribution in [2.75, 3.05) is 5.32 Å². The van der Waals surface area contributed by atoms with Crippen molar-refractivity contribution in [3.8, 4) is 0 Å². The van der Waals surface area contributed by atoms with Crippen LogP contribution in [0.25, 0.3) is 0 Å². The number of nitrogens with one attached hydrogen (secondary N) is 1. The summed E-state index contributed by atoms with van der Waals surface area (Å²) in [5.41, 5.74) is 0.785. The van der Waals surface area contributed by atoms with Crippen molar-refractivity contribution >= 4 is 5.69 Å². The lowest BCUT2D eigenvalue weighted by atomic mass is 9.99. The van der Waals surface area contributed by atoms with Gasteiger partial charge in [0.2, 0.25) is 0 Å². The number of hydrogen-bond donors (Lipinski definition) is 4. The first-order valence-electron chi connectivity index (χ1n) is 5.61. The fourth-order valence-corrected chi connectivity index (χ4v) is 1.87. The molecule has 94 valence electrons. The second kappa shape index (κ2) is 5.01. The summed E-state index contributed by atoms with van der Waals surface area (Å²) in [5, 5.41) is 31.9. The summed E-state index contributed by atoms with van der Waals surface area (Å²) in [5.74, 6) is 0. The van der Waals surface area contributed by atoms with Crippen LogP contribution >= 0.6 is 0 Å². The first kappa shape index (κ1) is 12.3. The van der Waals surface area contributed by atoms with Crippen molar-refractivity contribution < 1.29 is 20.1 Å². The number of para-hydroxylation sites is 1. The number of aliphatic hydroxyl groups excluding tert-OH is 3. The second-order valence-electron chi connectivity index (χ2n) is 4.24. The first-order chi connectivity index (χ1) is 8.09. The van der Waals surface area contributed by atoms with E-state index in [1.165, 1.54) is 0 Å². The van der Waals surface area contributed by atoms with Gasteiger partial charge in [-0.05, 0) is 19.1 Å². The highest BCUT2D eigenvalue weighted by Gasteiger charge is 2.41. The van der Waals surface area contributed by atoms with Gasteiger partial charge in [0.15, 0.2) is 6.23 Å². The average Bonchev–Trinajstić information content (AvgIpc) is 2.35. The summed E-state index contributed by atoms with van der Waals surface area (Å²) in [4.78, 5) is 0. The number of anilines is 1. The largest absolute Gasteiger partial charge is 0.388 e. The topological polar surface area (TPSA) is 82.0 Å². The van der Waals surface area contributed by atoms with E-state index in [-0.39, 0.29) is 0 Å². The third kappa shape index (κ3) is 2.58. The minimum Gasteiger partial charge on any atom is -0.388 e. The molecule has 0 unspecified atom stereocenters. The van der Waals surface area contributed by atoms with Crippen LogP contribution in [0.5, 0.6) is 0 Å². The molecule has 1 aromatic rings. The maximum atomic E-state index is 9.79.